The van der Waals surface area contributed by atoms with Crippen molar-refractivity contribution in [2.24, 2.45) is 0 Å². The Morgan fingerprint density at radius 1 is 1.06 bits per heavy atom. The first kappa shape index (κ1) is 24.7. The van der Waals surface area contributed by atoms with Gasteiger partial charge in [-0.05, 0) is 56.3 Å². The lowest BCUT2D eigenvalue weighted by atomic mass is 10.1. The van der Waals surface area contributed by atoms with Crippen molar-refractivity contribution in [3.05, 3.63) is 76.3 Å². The third kappa shape index (κ3) is 6.18. The summed E-state index contributed by atoms with van der Waals surface area (Å²) in [5.41, 5.74) is 2.27. The van der Waals surface area contributed by atoms with Crippen molar-refractivity contribution in [1.82, 2.24) is 0 Å². The molecule has 0 saturated heterocycles. The van der Waals surface area contributed by atoms with Crippen LogP contribution in [0.15, 0.2) is 60.7 Å². The maximum atomic E-state index is 12.7. The van der Waals surface area contributed by atoms with Crippen molar-refractivity contribution in [3.8, 4) is 17.2 Å². The summed E-state index contributed by atoms with van der Waals surface area (Å²) in [7, 11) is 0. The minimum absolute atomic E-state index is 0.157. The number of fused-ring (bicyclic) bond motifs is 1. The third-order valence-electron chi connectivity index (χ3n) is 5.31. The van der Waals surface area contributed by atoms with Crippen LogP contribution in [0.5, 0.6) is 17.2 Å². The van der Waals surface area contributed by atoms with Gasteiger partial charge in [-0.2, -0.15) is 0 Å². The van der Waals surface area contributed by atoms with Crippen LogP contribution in [0, 0.1) is 6.92 Å². The molecule has 9 heteroatoms. The molecule has 0 saturated carbocycles. The Hall–Kier alpha value is -3.42. The van der Waals surface area contributed by atoms with Crippen LogP contribution in [0.1, 0.15) is 12.5 Å². The summed E-state index contributed by atoms with van der Waals surface area (Å²) in [6.07, 6.45) is -0.664. The monoisotopic (exact) mass is 514 g/mol. The molecule has 3 aromatic rings. The van der Waals surface area contributed by atoms with Gasteiger partial charge >= 0.3 is 0 Å². The summed E-state index contributed by atoms with van der Waals surface area (Å²) in [6, 6.07) is 17.6. The quantitative estimate of drug-likeness (QED) is 0.428. The number of carbonyl (C=O) groups is 2. The van der Waals surface area contributed by atoms with Crippen LogP contribution < -0.4 is 24.4 Å². The van der Waals surface area contributed by atoms with Crippen LogP contribution in [0.4, 0.5) is 11.4 Å². The number of amides is 2. The molecular formula is C26H24Cl2N2O5. The molecule has 1 N–H and O–H groups in total. The van der Waals surface area contributed by atoms with Gasteiger partial charge in [0.2, 0.25) is 0 Å². The van der Waals surface area contributed by atoms with Crippen LogP contribution in [0.3, 0.4) is 0 Å². The zero-order valence-electron chi connectivity index (χ0n) is 19.2. The Labute approximate surface area is 213 Å². The second-order valence-electron chi connectivity index (χ2n) is 8.01. The molecule has 0 fully saturated rings. The predicted molar refractivity (Wildman–Crippen MR) is 136 cm³/mol. The zero-order valence-corrected chi connectivity index (χ0v) is 20.7. The number of nitrogens with zero attached hydrogens (tertiary/aromatic N) is 1. The van der Waals surface area contributed by atoms with Crippen LogP contribution in [0.25, 0.3) is 0 Å². The second-order valence-corrected chi connectivity index (χ2v) is 8.85. The van der Waals surface area contributed by atoms with E-state index in [0.29, 0.717) is 46.1 Å². The van der Waals surface area contributed by atoms with E-state index in [1.54, 1.807) is 42.2 Å². The SMILES string of the molecule is Cc1ccc(OCCN2C(=O)C(C)Oc3cc(NC(=O)COc4ccc(Cl)cc4Cl)ccc32)cc1. The van der Waals surface area contributed by atoms with Crippen LogP contribution in [-0.4, -0.2) is 37.7 Å². The van der Waals surface area contributed by atoms with Gasteiger partial charge in [-0.3, -0.25) is 9.59 Å². The zero-order chi connectivity index (χ0) is 24.9. The summed E-state index contributed by atoms with van der Waals surface area (Å²) >= 11 is 11.9. The second kappa shape index (κ2) is 10.9. The molecule has 0 radical (unpaired) electrons. The van der Waals surface area contributed by atoms with Crippen LogP contribution in [0.2, 0.25) is 10.0 Å². The van der Waals surface area contributed by atoms with E-state index in [2.05, 4.69) is 5.32 Å². The van der Waals surface area contributed by atoms with E-state index < -0.39 is 6.10 Å². The van der Waals surface area contributed by atoms with Gasteiger partial charge in [0, 0.05) is 16.8 Å². The van der Waals surface area contributed by atoms with E-state index in [0.717, 1.165) is 11.3 Å². The molecule has 1 aliphatic rings. The van der Waals surface area contributed by atoms with Crippen LogP contribution >= 0.6 is 23.2 Å². The molecular weight excluding hydrogens is 491 g/mol. The standard InChI is InChI=1S/C26H24Cl2N2O5/c1-16-3-7-20(8-4-16)33-12-11-30-22-9-6-19(14-24(22)35-17(2)26(30)32)29-25(31)15-34-23-10-5-18(27)13-21(23)28/h3-10,13-14,17H,11-12,15H2,1-2H3,(H,29,31). The number of aryl methyl sites for hydroxylation is 1. The molecule has 182 valence electrons. The van der Waals surface area contributed by atoms with E-state index in [1.165, 1.54) is 6.07 Å². The number of ether oxygens (including phenoxy) is 3. The molecule has 35 heavy (non-hydrogen) atoms. The molecule has 3 aromatic carbocycles. The minimum Gasteiger partial charge on any atom is -0.492 e. The Morgan fingerprint density at radius 2 is 1.83 bits per heavy atom. The fourth-order valence-electron chi connectivity index (χ4n) is 3.54. The lowest BCUT2D eigenvalue weighted by Crippen LogP contribution is -2.46. The smallest absolute Gasteiger partial charge is 0.267 e. The fraction of sp³-hybridized carbons (Fsp3) is 0.231. The van der Waals surface area contributed by atoms with Crippen molar-refractivity contribution < 1.29 is 23.8 Å². The normalized spacial score (nSPS) is 14.7. The molecule has 1 aliphatic heterocycles. The number of nitrogens with one attached hydrogen (secondary N) is 1. The number of rotatable bonds is 8. The number of anilines is 2. The van der Waals surface area contributed by atoms with Crippen molar-refractivity contribution >= 4 is 46.4 Å². The van der Waals surface area contributed by atoms with Crippen molar-refractivity contribution in [2.75, 3.05) is 30.0 Å². The van der Waals surface area contributed by atoms with E-state index in [4.69, 9.17) is 37.4 Å². The van der Waals surface area contributed by atoms with Gasteiger partial charge in [0.05, 0.1) is 17.3 Å². The van der Waals surface area contributed by atoms with E-state index in [1.807, 2.05) is 31.2 Å². The predicted octanol–water partition coefficient (Wildman–Crippen LogP) is 5.51. The summed E-state index contributed by atoms with van der Waals surface area (Å²) < 4.78 is 17.1. The number of carbonyl (C=O) groups excluding carboxylic acids is 2. The highest BCUT2D eigenvalue weighted by molar-refractivity contribution is 6.35. The fourth-order valence-corrected chi connectivity index (χ4v) is 4.00. The molecule has 0 aliphatic carbocycles. The molecule has 1 atom stereocenters. The molecule has 2 amide bonds. The van der Waals surface area contributed by atoms with Gasteiger partial charge in [-0.1, -0.05) is 40.9 Å². The Bertz CT molecular complexity index is 1230. The van der Waals surface area contributed by atoms with Gasteiger partial charge < -0.3 is 24.4 Å². The lowest BCUT2D eigenvalue weighted by molar-refractivity contribution is -0.125. The van der Waals surface area contributed by atoms with Gasteiger partial charge in [-0.15, -0.1) is 0 Å². The van der Waals surface area contributed by atoms with Gasteiger partial charge in [0.15, 0.2) is 12.7 Å². The largest absolute Gasteiger partial charge is 0.492 e. The van der Waals surface area contributed by atoms with Gasteiger partial charge in [-0.25, -0.2) is 0 Å². The number of hydrogen-bond acceptors (Lipinski definition) is 5. The number of benzene rings is 3. The summed E-state index contributed by atoms with van der Waals surface area (Å²) in [6.45, 7) is 4.14. The van der Waals surface area contributed by atoms with E-state index in [-0.39, 0.29) is 18.4 Å². The maximum absolute atomic E-state index is 12.7. The maximum Gasteiger partial charge on any atom is 0.267 e. The molecule has 0 spiro atoms. The highest BCUT2D eigenvalue weighted by atomic mass is 35.5. The lowest BCUT2D eigenvalue weighted by Gasteiger charge is -2.33. The highest BCUT2D eigenvalue weighted by Gasteiger charge is 2.31. The average molecular weight is 515 g/mol. The molecule has 1 unspecified atom stereocenters. The first-order chi connectivity index (χ1) is 16.8. The van der Waals surface area contributed by atoms with Crippen molar-refractivity contribution in [1.29, 1.82) is 0 Å². The van der Waals surface area contributed by atoms with Gasteiger partial charge in [0.25, 0.3) is 11.8 Å². The van der Waals surface area contributed by atoms with E-state index in [9.17, 15) is 9.59 Å². The Balaban J connectivity index is 1.38. The molecule has 1 heterocycles. The van der Waals surface area contributed by atoms with Crippen molar-refractivity contribution in [2.45, 2.75) is 20.0 Å². The summed E-state index contributed by atoms with van der Waals surface area (Å²) in [4.78, 5) is 26.8. The molecule has 0 bridgehead atoms. The molecule has 0 aromatic heterocycles. The Morgan fingerprint density at radius 3 is 2.57 bits per heavy atom. The van der Waals surface area contributed by atoms with Gasteiger partial charge in [0.1, 0.15) is 23.9 Å². The molecule has 7 nitrogen and oxygen atoms in total. The highest BCUT2D eigenvalue weighted by Crippen LogP contribution is 2.36. The van der Waals surface area contributed by atoms with Crippen LogP contribution in [-0.2, 0) is 9.59 Å². The number of halogens is 2. The first-order valence-electron chi connectivity index (χ1n) is 11.0. The minimum atomic E-state index is -0.664. The van der Waals surface area contributed by atoms with Crippen molar-refractivity contribution in [3.63, 3.8) is 0 Å². The topological polar surface area (TPSA) is 77.1 Å². The Kier molecular flexibility index (Phi) is 7.68. The van der Waals surface area contributed by atoms with E-state index >= 15 is 0 Å². The summed E-state index contributed by atoms with van der Waals surface area (Å²) in [5.74, 6) is 1.06. The summed E-state index contributed by atoms with van der Waals surface area (Å²) in [5, 5.41) is 3.56. The average Bonchev–Trinajstić information content (AvgIpc) is 2.82. The molecule has 4 rings (SSSR count). The third-order valence-corrected chi connectivity index (χ3v) is 5.84. The first-order valence-corrected chi connectivity index (χ1v) is 11.7. The number of hydrogen-bond donors (Lipinski definition) is 1.